The molecule has 7 nitrogen and oxygen atoms in total. The second-order valence-electron chi connectivity index (χ2n) is 4.86. The first-order chi connectivity index (χ1) is 11.4. The van der Waals surface area contributed by atoms with Crippen LogP contribution < -0.4 is 0 Å². The molecular formula is C16H9N7. The van der Waals surface area contributed by atoms with Gasteiger partial charge in [0.15, 0.2) is 0 Å². The maximum absolute atomic E-state index is 9.43. The van der Waals surface area contributed by atoms with Crippen molar-refractivity contribution in [3.05, 3.63) is 55.3 Å². The van der Waals surface area contributed by atoms with Gasteiger partial charge in [-0.3, -0.25) is 5.10 Å². The highest BCUT2D eigenvalue weighted by Gasteiger charge is 2.17. The van der Waals surface area contributed by atoms with Crippen molar-refractivity contribution in [3.63, 3.8) is 0 Å². The Labute approximate surface area is 130 Å². The van der Waals surface area contributed by atoms with E-state index >= 15 is 0 Å². The quantitative estimate of drug-likeness (QED) is 0.609. The van der Waals surface area contributed by atoms with Crippen molar-refractivity contribution in [2.45, 2.75) is 0 Å². The predicted molar refractivity (Wildman–Crippen MR) is 82.9 cm³/mol. The van der Waals surface area contributed by atoms with E-state index in [1.165, 1.54) is 12.7 Å². The predicted octanol–water partition coefficient (Wildman–Crippen LogP) is 2.35. The average Bonchev–Trinajstić information content (AvgIpc) is 3.11. The lowest BCUT2D eigenvalue weighted by molar-refractivity contribution is 1.12. The van der Waals surface area contributed by atoms with Crippen molar-refractivity contribution in [2.24, 2.45) is 0 Å². The standard InChI is InChI=1S/C16H9N7/c17-2-10-1-13(11-3-18-8-19-4-11)15(12-5-20-9-21-6-12)14-7-22-23-16(10)14/h1,3-9H,(H,22,23). The van der Waals surface area contributed by atoms with Gasteiger partial charge in [-0.05, 0) is 11.6 Å². The second-order valence-corrected chi connectivity index (χ2v) is 4.86. The fourth-order valence-corrected chi connectivity index (χ4v) is 2.61. The largest absolute Gasteiger partial charge is 0.284 e. The number of fused-ring (bicyclic) bond motifs is 1. The molecule has 0 aliphatic heterocycles. The van der Waals surface area contributed by atoms with Gasteiger partial charge in [0.1, 0.15) is 24.2 Å². The number of rotatable bonds is 2. The zero-order valence-corrected chi connectivity index (χ0v) is 11.8. The normalized spacial score (nSPS) is 10.6. The Morgan fingerprint density at radius 1 is 0.913 bits per heavy atom. The molecule has 0 bridgehead atoms. The second kappa shape index (κ2) is 5.27. The van der Waals surface area contributed by atoms with E-state index in [0.717, 1.165) is 27.6 Å². The summed E-state index contributed by atoms with van der Waals surface area (Å²) in [4.78, 5) is 16.3. The topological polar surface area (TPSA) is 104 Å². The minimum Gasteiger partial charge on any atom is -0.284 e. The van der Waals surface area contributed by atoms with E-state index in [9.17, 15) is 5.26 Å². The molecular weight excluding hydrogens is 290 g/mol. The molecule has 23 heavy (non-hydrogen) atoms. The van der Waals surface area contributed by atoms with Gasteiger partial charge in [-0.15, -0.1) is 0 Å². The van der Waals surface area contributed by atoms with Crippen molar-refractivity contribution in [1.29, 1.82) is 5.26 Å². The summed E-state index contributed by atoms with van der Waals surface area (Å²) in [5.74, 6) is 0. The van der Waals surface area contributed by atoms with Crippen LogP contribution in [0.5, 0.6) is 0 Å². The van der Waals surface area contributed by atoms with Crippen molar-refractivity contribution in [2.75, 3.05) is 0 Å². The summed E-state index contributed by atoms with van der Waals surface area (Å²) in [7, 11) is 0. The number of hydrogen-bond donors (Lipinski definition) is 1. The highest BCUT2D eigenvalue weighted by Crippen LogP contribution is 2.38. The number of aromatic nitrogens is 6. The summed E-state index contributed by atoms with van der Waals surface area (Å²) in [5.41, 5.74) is 4.48. The van der Waals surface area contributed by atoms with Gasteiger partial charge in [-0.1, -0.05) is 0 Å². The van der Waals surface area contributed by atoms with E-state index in [-0.39, 0.29) is 0 Å². The number of aromatic amines is 1. The van der Waals surface area contributed by atoms with E-state index in [2.05, 4.69) is 36.2 Å². The number of hydrogen-bond acceptors (Lipinski definition) is 6. The summed E-state index contributed by atoms with van der Waals surface area (Å²) in [5, 5.41) is 17.3. The zero-order valence-electron chi connectivity index (χ0n) is 11.8. The Morgan fingerprint density at radius 2 is 1.57 bits per heavy atom. The van der Waals surface area contributed by atoms with Gasteiger partial charge in [0.2, 0.25) is 0 Å². The summed E-state index contributed by atoms with van der Waals surface area (Å²) in [6.45, 7) is 0. The van der Waals surface area contributed by atoms with Gasteiger partial charge in [-0.2, -0.15) is 10.4 Å². The maximum atomic E-state index is 9.43. The first kappa shape index (κ1) is 13.0. The van der Waals surface area contributed by atoms with Crippen LogP contribution in [0.1, 0.15) is 5.56 Å². The first-order valence-electron chi connectivity index (χ1n) is 6.80. The van der Waals surface area contributed by atoms with Crippen LogP contribution in [0.25, 0.3) is 33.2 Å². The lowest BCUT2D eigenvalue weighted by Crippen LogP contribution is -1.92. The fraction of sp³-hybridized carbons (Fsp3) is 0. The van der Waals surface area contributed by atoms with Crippen molar-refractivity contribution in [1.82, 2.24) is 30.1 Å². The molecule has 4 aromatic rings. The van der Waals surface area contributed by atoms with E-state index in [1.54, 1.807) is 37.1 Å². The molecule has 108 valence electrons. The first-order valence-corrected chi connectivity index (χ1v) is 6.80. The Balaban J connectivity index is 2.14. The molecule has 0 radical (unpaired) electrons. The molecule has 3 heterocycles. The lowest BCUT2D eigenvalue weighted by atomic mass is 9.92. The summed E-state index contributed by atoms with van der Waals surface area (Å²) >= 11 is 0. The molecule has 0 fully saturated rings. The van der Waals surface area contributed by atoms with E-state index < -0.39 is 0 Å². The average molecular weight is 299 g/mol. The molecule has 7 heteroatoms. The van der Waals surface area contributed by atoms with Crippen LogP contribution in [0, 0.1) is 11.3 Å². The summed E-state index contributed by atoms with van der Waals surface area (Å²) < 4.78 is 0. The Kier molecular flexibility index (Phi) is 2.99. The highest BCUT2D eigenvalue weighted by atomic mass is 15.1. The van der Waals surface area contributed by atoms with Gasteiger partial charge in [-0.25, -0.2) is 19.9 Å². The Bertz CT molecular complexity index is 1020. The van der Waals surface area contributed by atoms with Gasteiger partial charge in [0.25, 0.3) is 0 Å². The van der Waals surface area contributed by atoms with Crippen LogP contribution in [-0.4, -0.2) is 30.1 Å². The molecule has 0 aliphatic carbocycles. The SMILES string of the molecule is N#Cc1cc(-c2cncnc2)c(-c2cncnc2)c2c[nH]nc12. The summed E-state index contributed by atoms with van der Waals surface area (Å²) in [6.07, 6.45) is 11.6. The lowest BCUT2D eigenvalue weighted by Gasteiger charge is -2.11. The van der Waals surface area contributed by atoms with Gasteiger partial charge in [0, 0.05) is 53.1 Å². The maximum Gasteiger partial charge on any atom is 0.115 e. The number of nitrogens with zero attached hydrogens (tertiary/aromatic N) is 6. The van der Waals surface area contributed by atoms with Crippen molar-refractivity contribution in [3.8, 4) is 28.3 Å². The number of nitrogens with one attached hydrogen (secondary N) is 1. The number of benzene rings is 1. The molecule has 0 atom stereocenters. The Hall–Kier alpha value is -3.66. The van der Waals surface area contributed by atoms with Gasteiger partial charge >= 0.3 is 0 Å². The number of nitriles is 1. The third-order valence-corrected chi connectivity index (χ3v) is 3.56. The van der Waals surface area contributed by atoms with Crippen LogP contribution >= 0.6 is 0 Å². The molecule has 1 aromatic carbocycles. The molecule has 0 unspecified atom stereocenters. The minimum absolute atomic E-state index is 0.487. The van der Waals surface area contributed by atoms with E-state index in [0.29, 0.717) is 11.1 Å². The monoisotopic (exact) mass is 299 g/mol. The van der Waals surface area contributed by atoms with Crippen LogP contribution in [-0.2, 0) is 0 Å². The smallest absolute Gasteiger partial charge is 0.115 e. The van der Waals surface area contributed by atoms with Crippen LogP contribution in [0.4, 0.5) is 0 Å². The molecule has 0 spiro atoms. The van der Waals surface area contributed by atoms with Crippen LogP contribution in [0.2, 0.25) is 0 Å². The highest BCUT2D eigenvalue weighted by molar-refractivity contribution is 6.04. The van der Waals surface area contributed by atoms with E-state index in [1.807, 2.05) is 0 Å². The van der Waals surface area contributed by atoms with Crippen LogP contribution in [0.3, 0.4) is 0 Å². The van der Waals surface area contributed by atoms with Gasteiger partial charge < -0.3 is 0 Å². The van der Waals surface area contributed by atoms with Gasteiger partial charge in [0.05, 0.1) is 5.56 Å². The zero-order chi connectivity index (χ0) is 15.6. The molecule has 0 saturated heterocycles. The molecule has 0 amide bonds. The molecule has 0 saturated carbocycles. The molecule has 1 N–H and O–H groups in total. The van der Waals surface area contributed by atoms with Crippen molar-refractivity contribution >= 4 is 10.9 Å². The Morgan fingerprint density at radius 3 is 2.22 bits per heavy atom. The van der Waals surface area contributed by atoms with E-state index in [4.69, 9.17) is 0 Å². The third kappa shape index (κ3) is 2.10. The molecule has 3 aromatic heterocycles. The third-order valence-electron chi connectivity index (χ3n) is 3.56. The minimum atomic E-state index is 0.487. The van der Waals surface area contributed by atoms with Crippen LogP contribution in [0.15, 0.2) is 49.7 Å². The van der Waals surface area contributed by atoms with Crippen molar-refractivity contribution < 1.29 is 0 Å². The summed E-state index contributed by atoms with van der Waals surface area (Å²) in [6, 6.07) is 3.99. The fourth-order valence-electron chi connectivity index (χ4n) is 2.61. The molecule has 4 rings (SSSR count). The number of H-pyrrole nitrogens is 1. The molecule has 0 aliphatic rings.